The monoisotopic (exact) mass is 385 g/mol. The summed E-state index contributed by atoms with van der Waals surface area (Å²) in [5, 5.41) is 14.7. The van der Waals surface area contributed by atoms with Crippen LogP contribution in [0.25, 0.3) is 17.5 Å². The van der Waals surface area contributed by atoms with Crippen LogP contribution < -0.4 is 5.32 Å². The SMILES string of the molecule is CCCCCCCCCCc1ccc(-c2noc(C=CCNC(=O)O)n2)cc1. The molecule has 6 heteroatoms. The molecule has 0 fully saturated rings. The number of hydrogen-bond acceptors (Lipinski definition) is 4. The molecule has 2 rings (SSSR count). The van der Waals surface area contributed by atoms with E-state index in [2.05, 4.69) is 34.5 Å². The molecule has 0 bridgehead atoms. The van der Waals surface area contributed by atoms with Crippen LogP contribution in [0.15, 0.2) is 34.9 Å². The summed E-state index contributed by atoms with van der Waals surface area (Å²) < 4.78 is 5.16. The fraction of sp³-hybridized carbons (Fsp3) is 0.500. The third-order valence-electron chi connectivity index (χ3n) is 4.60. The first-order valence-corrected chi connectivity index (χ1v) is 10.3. The van der Waals surface area contributed by atoms with Crippen LogP contribution in [0, 0.1) is 0 Å². The van der Waals surface area contributed by atoms with Crippen LogP contribution >= 0.6 is 0 Å². The van der Waals surface area contributed by atoms with Crippen LogP contribution in [-0.4, -0.2) is 27.9 Å². The van der Waals surface area contributed by atoms with Gasteiger partial charge in [-0.25, -0.2) is 4.79 Å². The minimum absolute atomic E-state index is 0.195. The number of unbranched alkanes of at least 4 members (excludes halogenated alkanes) is 7. The topological polar surface area (TPSA) is 88.2 Å². The van der Waals surface area contributed by atoms with Gasteiger partial charge in [-0.1, -0.05) is 87.4 Å². The molecular formula is C22H31N3O3. The maximum atomic E-state index is 10.4. The van der Waals surface area contributed by atoms with Crippen molar-refractivity contribution in [1.82, 2.24) is 15.5 Å². The lowest BCUT2D eigenvalue weighted by Gasteiger charge is -2.03. The number of carboxylic acid groups (broad SMARTS) is 1. The smallest absolute Gasteiger partial charge is 0.404 e. The van der Waals surface area contributed by atoms with Crippen LogP contribution in [0.5, 0.6) is 0 Å². The first-order chi connectivity index (χ1) is 13.7. The molecule has 0 radical (unpaired) electrons. The highest BCUT2D eigenvalue weighted by Gasteiger charge is 2.06. The highest BCUT2D eigenvalue weighted by Crippen LogP contribution is 2.18. The number of aryl methyl sites for hydroxylation is 1. The van der Waals surface area contributed by atoms with Crippen LogP contribution in [-0.2, 0) is 6.42 Å². The zero-order valence-electron chi connectivity index (χ0n) is 16.7. The molecule has 1 amide bonds. The van der Waals surface area contributed by atoms with E-state index < -0.39 is 6.09 Å². The van der Waals surface area contributed by atoms with E-state index >= 15 is 0 Å². The van der Waals surface area contributed by atoms with Crippen molar-refractivity contribution in [2.75, 3.05) is 6.54 Å². The van der Waals surface area contributed by atoms with E-state index in [9.17, 15) is 4.79 Å². The fourth-order valence-corrected chi connectivity index (χ4v) is 3.01. The van der Waals surface area contributed by atoms with E-state index in [0.29, 0.717) is 11.7 Å². The van der Waals surface area contributed by atoms with Crippen LogP contribution in [0.2, 0.25) is 0 Å². The van der Waals surface area contributed by atoms with Crippen LogP contribution in [0.1, 0.15) is 69.7 Å². The Morgan fingerprint density at radius 1 is 1.07 bits per heavy atom. The molecular weight excluding hydrogens is 354 g/mol. The largest absolute Gasteiger partial charge is 0.465 e. The maximum absolute atomic E-state index is 10.4. The summed E-state index contributed by atoms with van der Waals surface area (Å²) >= 11 is 0. The number of benzene rings is 1. The molecule has 0 spiro atoms. The Labute approximate surface area is 167 Å². The van der Waals surface area contributed by atoms with Gasteiger partial charge in [-0.05, 0) is 18.4 Å². The van der Waals surface area contributed by atoms with Gasteiger partial charge in [0.05, 0.1) is 0 Å². The van der Waals surface area contributed by atoms with Crippen molar-refractivity contribution in [2.45, 2.75) is 64.7 Å². The predicted molar refractivity (Wildman–Crippen MR) is 111 cm³/mol. The molecule has 28 heavy (non-hydrogen) atoms. The van der Waals surface area contributed by atoms with Crippen molar-refractivity contribution in [3.05, 3.63) is 41.8 Å². The van der Waals surface area contributed by atoms with Crippen molar-refractivity contribution in [2.24, 2.45) is 0 Å². The van der Waals surface area contributed by atoms with Crippen LogP contribution in [0.4, 0.5) is 4.79 Å². The fourth-order valence-electron chi connectivity index (χ4n) is 3.01. The summed E-state index contributed by atoms with van der Waals surface area (Å²) in [6, 6.07) is 8.29. The molecule has 1 aromatic carbocycles. The second-order valence-electron chi connectivity index (χ2n) is 6.97. The summed E-state index contributed by atoms with van der Waals surface area (Å²) in [6.45, 7) is 2.45. The number of nitrogens with one attached hydrogen (secondary N) is 1. The quantitative estimate of drug-likeness (QED) is 0.432. The standard InChI is InChI=1S/C22H31N3O3/c1-2-3-4-5-6-7-8-9-11-18-13-15-19(16-14-18)21-24-20(28-25-21)12-10-17-23-22(26)27/h10,12-16,23H,2-9,11,17H2,1H3,(H,26,27). The number of carbonyl (C=O) groups is 1. The Morgan fingerprint density at radius 3 is 2.43 bits per heavy atom. The van der Waals surface area contributed by atoms with Crippen molar-refractivity contribution in [3.63, 3.8) is 0 Å². The predicted octanol–water partition coefficient (Wildman–Crippen LogP) is 5.70. The summed E-state index contributed by atoms with van der Waals surface area (Å²) in [6.07, 6.45) is 13.9. The van der Waals surface area contributed by atoms with E-state index in [4.69, 9.17) is 9.63 Å². The average Bonchev–Trinajstić information content (AvgIpc) is 3.16. The summed E-state index contributed by atoms with van der Waals surface area (Å²) in [5.41, 5.74) is 2.24. The van der Waals surface area contributed by atoms with Gasteiger partial charge >= 0.3 is 6.09 Å². The third kappa shape index (κ3) is 8.37. The van der Waals surface area contributed by atoms with E-state index in [-0.39, 0.29) is 6.54 Å². The molecule has 1 heterocycles. The Bertz CT molecular complexity index is 723. The molecule has 0 aliphatic heterocycles. The summed E-state index contributed by atoms with van der Waals surface area (Å²) in [4.78, 5) is 14.7. The van der Waals surface area contributed by atoms with Gasteiger partial charge in [-0.2, -0.15) is 4.98 Å². The lowest BCUT2D eigenvalue weighted by molar-refractivity contribution is 0.195. The lowest BCUT2D eigenvalue weighted by Crippen LogP contribution is -2.20. The van der Waals surface area contributed by atoms with E-state index in [0.717, 1.165) is 12.0 Å². The van der Waals surface area contributed by atoms with Gasteiger partial charge < -0.3 is 14.9 Å². The zero-order valence-corrected chi connectivity index (χ0v) is 16.7. The van der Waals surface area contributed by atoms with Crippen LogP contribution in [0.3, 0.4) is 0 Å². The Morgan fingerprint density at radius 2 is 1.75 bits per heavy atom. The molecule has 0 saturated heterocycles. The third-order valence-corrected chi connectivity index (χ3v) is 4.60. The molecule has 0 unspecified atom stereocenters. The normalized spacial score (nSPS) is 11.2. The number of nitrogens with zero attached hydrogens (tertiary/aromatic N) is 2. The lowest BCUT2D eigenvalue weighted by atomic mass is 10.0. The summed E-state index contributed by atoms with van der Waals surface area (Å²) in [7, 11) is 0. The van der Waals surface area contributed by atoms with Crippen molar-refractivity contribution < 1.29 is 14.4 Å². The second kappa shape index (κ2) is 12.7. The van der Waals surface area contributed by atoms with Gasteiger partial charge in [0.1, 0.15) is 0 Å². The number of aromatic nitrogens is 2. The van der Waals surface area contributed by atoms with E-state index in [1.807, 2.05) is 12.1 Å². The first kappa shape index (κ1) is 21.7. The first-order valence-electron chi connectivity index (χ1n) is 10.3. The molecule has 0 aliphatic carbocycles. The molecule has 2 aromatic rings. The Kier molecular flexibility index (Phi) is 9.83. The molecule has 1 aromatic heterocycles. The molecule has 2 N–H and O–H groups in total. The highest BCUT2D eigenvalue weighted by molar-refractivity contribution is 5.64. The second-order valence-corrected chi connectivity index (χ2v) is 6.97. The van der Waals surface area contributed by atoms with Gasteiger partial charge in [0.25, 0.3) is 5.89 Å². The van der Waals surface area contributed by atoms with Gasteiger partial charge in [0.2, 0.25) is 5.82 Å². The molecule has 152 valence electrons. The molecule has 0 saturated carbocycles. The van der Waals surface area contributed by atoms with Crippen molar-refractivity contribution >= 4 is 12.2 Å². The summed E-state index contributed by atoms with van der Waals surface area (Å²) in [5.74, 6) is 0.884. The zero-order chi connectivity index (χ0) is 20.0. The highest BCUT2D eigenvalue weighted by atomic mass is 16.5. The van der Waals surface area contributed by atoms with Gasteiger partial charge in [-0.3, -0.25) is 0 Å². The minimum Gasteiger partial charge on any atom is -0.465 e. The molecule has 6 nitrogen and oxygen atoms in total. The molecule has 0 aliphatic rings. The van der Waals surface area contributed by atoms with E-state index in [1.165, 1.54) is 56.9 Å². The van der Waals surface area contributed by atoms with Gasteiger partial charge in [-0.15, -0.1) is 0 Å². The molecule has 0 atom stereocenters. The average molecular weight is 386 g/mol. The number of hydrogen-bond donors (Lipinski definition) is 2. The van der Waals surface area contributed by atoms with Gasteiger partial charge in [0, 0.05) is 18.2 Å². The van der Waals surface area contributed by atoms with E-state index in [1.54, 1.807) is 12.2 Å². The number of rotatable bonds is 13. The Hall–Kier alpha value is -2.63. The number of amides is 1. The van der Waals surface area contributed by atoms with Crippen molar-refractivity contribution in [3.8, 4) is 11.4 Å². The van der Waals surface area contributed by atoms with Crippen molar-refractivity contribution in [1.29, 1.82) is 0 Å². The minimum atomic E-state index is -1.07. The Balaban J connectivity index is 1.71. The maximum Gasteiger partial charge on any atom is 0.404 e. The van der Waals surface area contributed by atoms with Gasteiger partial charge in [0.15, 0.2) is 0 Å².